The van der Waals surface area contributed by atoms with Crippen molar-refractivity contribution in [3.05, 3.63) is 59.2 Å². The maximum Gasteiger partial charge on any atom is 0.519 e. The van der Waals surface area contributed by atoms with E-state index in [4.69, 9.17) is 9.47 Å². The molecule has 3 nitrogen and oxygen atoms in total. The third-order valence-corrected chi connectivity index (χ3v) is 3.43. The molecular formula is C18H20O3. The number of ether oxygens (including phenoxy) is 2. The van der Waals surface area contributed by atoms with Crippen molar-refractivity contribution in [2.45, 2.75) is 33.6 Å². The first-order chi connectivity index (χ1) is 10.1. The minimum Gasteiger partial charge on any atom is -0.394 e. The summed E-state index contributed by atoms with van der Waals surface area (Å²) in [4.78, 5) is 12.0. The molecule has 2 aromatic rings. The van der Waals surface area contributed by atoms with Gasteiger partial charge < -0.3 is 9.47 Å². The van der Waals surface area contributed by atoms with Gasteiger partial charge in [-0.05, 0) is 49.1 Å². The second-order valence-corrected chi connectivity index (χ2v) is 5.01. The zero-order valence-electron chi connectivity index (χ0n) is 12.7. The lowest BCUT2D eigenvalue weighted by Crippen LogP contribution is -2.15. The maximum absolute atomic E-state index is 12.0. The molecule has 0 bridgehead atoms. The van der Waals surface area contributed by atoms with E-state index in [9.17, 15) is 4.79 Å². The highest BCUT2D eigenvalue weighted by atomic mass is 16.7. The summed E-state index contributed by atoms with van der Waals surface area (Å²) in [5, 5.41) is 0. The molecule has 110 valence electrons. The van der Waals surface area contributed by atoms with Gasteiger partial charge in [0.05, 0.1) is 0 Å². The summed E-state index contributed by atoms with van der Waals surface area (Å²) in [7, 11) is 0. The first kappa shape index (κ1) is 15.1. The molecule has 0 N–H and O–H groups in total. The van der Waals surface area contributed by atoms with Gasteiger partial charge in [0, 0.05) is 0 Å². The average Bonchev–Trinajstić information content (AvgIpc) is 2.46. The van der Waals surface area contributed by atoms with Gasteiger partial charge in [-0.1, -0.05) is 43.7 Å². The van der Waals surface area contributed by atoms with E-state index >= 15 is 0 Å². The first-order valence-electron chi connectivity index (χ1n) is 7.15. The molecule has 3 heteroatoms. The predicted octanol–water partition coefficient (Wildman–Crippen LogP) is 4.83. The molecule has 0 saturated carbocycles. The normalized spacial score (nSPS) is 10.2. The van der Waals surface area contributed by atoms with Crippen LogP contribution in [0, 0.1) is 13.8 Å². The van der Waals surface area contributed by atoms with Crippen LogP contribution in [0.25, 0.3) is 0 Å². The fourth-order valence-electron chi connectivity index (χ4n) is 2.11. The van der Waals surface area contributed by atoms with Gasteiger partial charge in [-0.2, -0.15) is 0 Å². The van der Waals surface area contributed by atoms with E-state index in [0.29, 0.717) is 11.5 Å². The molecule has 2 aromatic carbocycles. The SMILES string of the molecule is CCCc1ccccc1OC(=O)Oc1cccc(C)c1C. The molecule has 0 atom stereocenters. The molecule has 0 aliphatic heterocycles. The van der Waals surface area contributed by atoms with Crippen molar-refractivity contribution < 1.29 is 14.3 Å². The van der Waals surface area contributed by atoms with Gasteiger partial charge in [-0.3, -0.25) is 0 Å². The van der Waals surface area contributed by atoms with Crippen LogP contribution in [0.2, 0.25) is 0 Å². The van der Waals surface area contributed by atoms with Crippen LogP contribution in [0.15, 0.2) is 42.5 Å². The van der Waals surface area contributed by atoms with Crippen LogP contribution in [0.3, 0.4) is 0 Å². The van der Waals surface area contributed by atoms with E-state index in [1.54, 1.807) is 12.1 Å². The van der Waals surface area contributed by atoms with Crippen molar-refractivity contribution in [2.24, 2.45) is 0 Å². The van der Waals surface area contributed by atoms with Gasteiger partial charge in [0.2, 0.25) is 0 Å². The summed E-state index contributed by atoms with van der Waals surface area (Å²) < 4.78 is 10.6. The number of carbonyl (C=O) groups is 1. The van der Waals surface area contributed by atoms with Crippen molar-refractivity contribution in [3.63, 3.8) is 0 Å². The van der Waals surface area contributed by atoms with E-state index in [1.807, 2.05) is 44.2 Å². The predicted molar refractivity (Wildman–Crippen MR) is 83.0 cm³/mol. The highest BCUT2D eigenvalue weighted by Gasteiger charge is 2.12. The Labute approximate surface area is 125 Å². The van der Waals surface area contributed by atoms with Crippen molar-refractivity contribution >= 4 is 6.16 Å². The zero-order chi connectivity index (χ0) is 15.2. The largest absolute Gasteiger partial charge is 0.519 e. The topological polar surface area (TPSA) is 35.5 Å². The number of para-hydroxylation sites is 1. The minimum absolute atomic E-state index is 0.535. The number of hydrogen-bond acceptors (Lipinski definition) is 3. The van der Waals surface area contributed by atoms with Gasteiger partial charge in [0.15, 0.2) is 0 Å². The molecular weight excluding hydrogens is 264 g/mol. The molecule has 21 heavy (non-hydrogen) atoms. The summed E-state index contributed by atoms with van der Waals surface area (Å²) in [6.45, 7) is 5.98. The van der Waals surface area contributed by atoms with Gasteiger partial charge in [-0.25, -0.2) is 4.79 Å². The van der Waals surface area contributed by atoms with Crippen LogP contribution in [0.1, 0.15) is 30.0 Å². The number of carbonyl (C=O) groups excluding carboxylic acids is 1. The Bertz CT molecular complexity index is 632. The Balaban J connectivity index is 2.10. The van der Waals surface area contributed by atoms with Crippen LogP contribution in [-0.2, 0) is 6.42 Å². The number of aryl methyl sites for hydroxylation is 2. The summed E-state index contributed by atoms with van der Waals surface area (Å²) >= 11 is 0. The highest BCUT2D eigenvalue weighted by molar-refractivity contribution is 5.68. The monoisotopic (exact) mass is 284 g/mol. The van der Waals surface area contributed by atoms with Crippen LogP contribution < -0.4 is 9.47 Å². The number of hydrogen-bond donors (Lipinski definition) is 0. The second-order valence-electron chi connectivity index (χ2n) is 5.01. The Morgan fingerprint density at radius 3 is 2.38 bits per heavy atom. The molecule has 0 saturated heterocycles. The van der Waals surface area contributed by atoms with Gasteiger partial charge in [0.1, 0.15) is 11.5 Å². The molecule has 0 aliphatic rings. The quantitative estimate of drug-likeness (QED) is 0.595. The van der Waals surface area contributed by atoms with E-state index in [1.165, 1.54) is 0 Å². The average molecular weight is 284 g/mol. The molecule has 0 fully saturated rings. The number of rotatable bonds is 4. The van der Waals surface area contributed by atoms with Gasteiger partial charge in [0.25, 0.3) is 0 Å². The third-order valence-electron chi connectivity index (χ3n) is 3.43. The number of benzene rings is 2. The Morgan fingerprint density at radius 2 is 1.62 bits per heavy atom. The molecule has 0 amide bonds. The van der Waals surface area contributed by atoms with Crippen molar-refractivity contribution in [2.75, 3.05) is 0 Å². The van der Waals surface area contributed by atoms with E-state index in [2.05, 4.69) is 6.92 Å². The van der Waals surface area contributed by atoms with Gasteiger partial charge in [-0.15, -0.1) is 0 Å². The van der Waals surface area contributed by atoms with Crippen LogP contribution in [0.4, 0.5) is 4.79 Å². The fraction of sp³-hybridized carbons (Fsp3) is 0.278. The minimum atomic E-state index is -0.702. The molecule has 2 rings (SSSR count). The molecule has 0 aliphatic carbocycles. The highest BCUT2D eigenvalue weighted by Crippen LogP contribution is 2.23. The molecule has 0 unspecified atom stereocenters. The molecule has 0 spiro atoms. The van der Waals surface area contributed by atoms with Crippen LogP contribution in [0.5, 0.6) is 11.5 Å². The van der Waals surface area contributed by atoms with Crippen molar-refractivity contribution in [3.8, 4) is 11.5 Å². The van der Waals surface area contributed by atoms with Crippen LogP contribution >= 0.6 is 0 Å². The van der Waals surface area contributed by atoms with E-state index in [-0.39, 0.29) is 0 Å². The van der Waals surface area contributed by atoms with Crippen LogP contribution in [-0.4, -0.2) is 6.16 Å². The lowest BCUT2D eigenvalue weighted by atomic mass is 10.1. The third kappa shape index (κ3) is 3.85. The Hall–Kier alpha value is -2.29. The smallest absolute Gasteiger partial charge is 0.394 e. The zero-order valence-corrected chi connectivity index (χ0v) is 12.7. The lowest BCUT2D eigenvalue weighted by Gasteiger charge is -2.11. The second kappa shape index (κ2) is 6.93. The lowest BCUT2D eigenvalue weighted by molar-refractivity contribution is 0.151. The van der Waals surface area contributed by atoms with E-state index < -0.39 is 6.16 Å². The van der Waals surface area contributed by atoms with Crippen molar-refractivity contribution in [1.29, 1.82) is 0 Å². The summed E-state index contributed by atoms with van der Waals surface area (Å²) in [6, 6.07) is 13.1. The van der Waals surface area contributed by atoms with Crippen molar-refractivity contribution in [1.82, 2.24) is 0 Å². The van der Waals surface area contributed by atoms with E-state index in [0.717, 1.165) is 29.5 Å². The first-order valence-corrected chi connectivity index (χ1v) is 7.15. The summed E-state index contributed by atoms with van der Waals surface area (Å²) in [5.41, 5.74) is 3.03. The Kier molecular flexibility index (Phi) is 4.99. The standard InChI is InChI=1S/C18H20O3/c1-4-8-15-10-5-6-11-17(15)21-18(19)20-16-12-7-9-13(2)14(16)3/h5-7,9-12H,4,8H2,1-3H3. The summed E-state index contributed by atoms with van der Waals surface area (Å²) in [6.07, 6.45) is 1.16. The Morgan fingerprint density at radius 1 is 0.952 bits per heavy atom. The fourth-order valence-corrected chi connectivity index (χ4v) is 2.11. The molecule has 0 heterocycles. The summed E-state index contributed by atoms with van der Waals surface area (Å²) in [5.74, 6) is 1.10. The van der Waals surface area contributed by atoms with Gasteiger partial charge >= 0.3 is 6.16 Å². The molecule has 0 aromatic heterocycles. The molecule has 0 radical (unpaired) electrons. The maximum atomic E-state index is 12.0.